The van der Waals surface area contributed by atoms with Gasteiger partial charge in [-0.25, -0.2) is 4.98 Å². The molecule has 3 aromatic carbocycles. The van der Waals surface area contributed by atoms with Gasteiger partial charge in [0.2, 0.25) is 0 Å². The van der Waals surface area contributed by atoms with Crippen molar-refractivity contribution in [1.82, 2.24) is 10.3 Å². The lowest BCUT2D eigenvalue weighted by atomic mass is 10.0. The van der Waals surface area contributed by atoms with Crippen LogP contribution in [0, 0.1) is 0 Å². The van der Waals surface area contributed by atoms with Gasteiger partial charge in [-0.3, -0.25) is 0 Å². The Morgan fingerprint density at radius 2 is 1.39 bits per heavy atom. The first-order valence-corrected chi connectivity index (χ1v) is 9.83. The predicted molar refractivity (Wildman–Crippen MR) is 118 cm³/mol. The fraction of sp³-hybridized carbons (Fsp3) is 0.160. The van der Waals surface area contributed by atoms with Crippen LogP contribution in [0.1, 0.15) is 12.0 Å². The molecule has 0 saturated heterocycles. The van der Waals surface area contributed by atoms with E-state index in [4.69, 9.17) is 0 Å². The molecule has 3 heteroatoms. The highest BCUT2D eigenvalue weighted by atomic mass is 15.0. The number of anilines is 1. The summed E-state index contributed by atoms with van der Waals surface area (Å²) in [6.07, 6.45) is 1.05. The second-order valence-corrected chi connectivity index (χ2v) is 6.91. The number of hydrogen-bond donors (Lipinski definition) is 2. The van der Waals surface area contributed by atoms with Crippen LogP contribution in [0.2, 0.25) is 0 Å². The smallest absolute Gasteiger partial charge is 0.126 e. The van der Waals surface area contributed by atoms with Crippen molar-refractivity contribution in [3.8, 4) is 11.1 Å². The van der Waals surface area contributed by atoms with E-state index in [1.165, 1.54) is 22.1 Å². The lowest BCUT2D eigenvalue weighted by Crippen LogP contribution is -2.17. The van der Waals surface area contributed by atoms with Crippen LogP contribution in [-0.2, 0) is 6.54 Å². The Labute approximate surface area is 166 Å². The van der Waals surface area contributed by atoms with E-state index in [0.29, 0.717) is 0 Å². The number of hydrogen-bond acceptors (Lipinski definition) is 3. The average molecular weight is 367 g/mol. The monoisotopic (exact) mass is 367 g/mol. The first-order valence-electron chi connectivity index (χ1n) is 9.83. The minimum atomic E-state index is 0.892. The van der Waals surface area contributed by atoms with Gasteiger partial charge in [0, 0.05) is 18.5 Å². The fourth-order valence-electron chi connectivity index (χ4n) is 3.27. The summed E-state index contributed by atoms with van der Waals surface area (Å²) in [4.78, 5) is 4.64. The molecule has 2 N–H and O–H groups in total. The van der Waals surface area contributed by atoms with Crippen LogP contribution >= 0.6 is 0 Å². The van der Waals surface area contributed by atoms with Crippen LogP contribution in [0.4, 0.5) is 5.82 Å². The molecule has 0 aliphatic carbocycles. The van der Waals surface area contributed by atoms with Gasteiger partial charge < -0.3 is 10.6 Å². The molecule has 0 bridgehead atoms. The molecule has 28 heavy (non-hydrogen) atoms. The van der Waals surface area contributed by atoms with Gasteiger partial charge in [-0.05, 0) is 47.9 Å². The van der Waals surface area contributed by atoms with Crippen molar-refractivity contribution in [1.29, 1.82) is 0 Å². The van der Waals surface area contributed by atoms with Crippen LogP contribution in [0.25, 0.3) is 22.0 Å². The first kappa shape index (κ1) is 18.2. The van der Waals surface area contributed by atoms with Crippen LogP contribution < -0.4 is 10.6 Å². The second-order valence-electron chi connectivity index (χ2n) is 6.91. The van der Waals surface area contributed by atoms with Gasteiger partial charge >= 0.3 is 0 Å². The van der Waals surface area contributed by atoms with E-state index in [9.17, 15) is 0 Å². The van der Waals surface area contributed by atoms with Gasteiger partial charge in [-0.15, -0.1) is 0 Å². The molecule has 0 aliphatic heterocycles. The zero-order valence-corrected chi connectivity index (χ0v) is 15.9. The maximum Gasteiger partial charge on any atom is 0.126 e. The largest absolute Gasteiger partial charge is 0.370 e. The number of pyridine rings is 1. The fourth-order valence-corrected chi connectivity index (χ4v) is 3.27. The Morgan fingerprint density at radius 1 is 0.643 bits per heavy atom. The first-order chi connectivity index (χ1) is 13.9. The number of nitrogens with zero attached hydrogens (tertiary/aromatic N) is 1. The van der Waals surface area contributed by atoms with Crippen molar-refractivity contribution in [3.05, 3.63) is 96.6 Å². The molecule has 0 amide bonds. The highest BCUT2D eigenvalue weighted by Gasteiger charge is 1.99. The molecule has 0 radical (unpaired) electrons. The van der Waals surface area contributed by atoms with Gasteiger partial charge in [-0.1, -0.05) is 72.8 Å². The number of fused-ring (bicyclic) bond motifs is 1. The molecule has 4 aromatic rings. The van der Waals surface area contributed by atoms with E-state index in [-0.39, 0.29) is 0 Å². The molecule has 0 fully saturated rings. The molecule has 0 unspecified atom stereocenters. The number of para-hydroxylation sites is 1. The van der Waals surface area contributed by atoms with E-state index < -0.39 is 0 Å². The third-order valence-corrected chi connectivity index (χ3v) is 4.83. The summed E-state index contributed by atoms with van der Waals surface area (Å²) in [5.74, 6) is 0.940. The maximum absolute atomic E-state index is 4.64. The van der Waals surface area contributed by atoms with Crippen molar-refractivity contribution in [2.45, 2.75) is 13.0 Å². The third kappa shape index (κ3) is 4.76. The molecule has 1 heterocycles. The molecule has 3 nitrogen and oxygen atoms in total. The topological polar surface area (TPSA) is 37.0 Å². The van der Waals surface area contributed by atoms with Crippen LogP contribution in [0.5, 0.6) is 0 Å². The summed E-state index contributed by atoms with van der Waals surface area (Å²) >= 11 is 0. The Hall–Kier alpha value is -3.17. The summed E-state index contributed by atoms with van der Waals surface area (Å²) in [7, 11) is 0. The minimum absolute atomic E-state index is 0.892. The molecular weight excluding hydrogens is 342 g/mol. The van der Waals surface area contributed by atoms with Gasteiger partial charge in [0.25, 0.3) is 0 Å². The zero-order valence-electron chi connectivity index (χ0n) is 15.9. The van der Waals surface area contributed by atoms with Crippen LogP contribution in [-0.4, -0.2) is 18.1 Å². The second kappa shape index (κ2) is 9.16. The van der Waals surface area contributed by atoms with Gasteiger partial charge in [-0.2, -0.15) is 0 Å². The Kier molecular flexibility index (Phi) is 5.95. The van der Waals surface area contributed by atoms with Crippen molar-refractivity contribution in [3.63, 3.8) is 0 Å². The molecule has 4 rings (SSSR count). The quantitative estimate of drug-likeness (QED) is 0.404. The standard InChI is InChI=1S/C25H25N3/c1-2-7-21(8-3-1)22-13-11-20(12-14-22)19-26-17-6-18-27-25-16-15-23-9-4-5-10-24(23)28-25/h1-5,7-16,26H,6,17-19H2,(H,27,28). The van der Waals surface area contributed by atoms with Crippen LogP contribution in [0.3, 0.4) is 0 Å². The maximum atomic E-state index is 4.64. The predicted octanol–water partition coefficient (Wildman–Crippen LogP) is 5.49. The molecule has 0 aliphatic rings. The number of rotatable bonds is 8. The van der Waals surface area contributed by atoms with Crippen molar-refractivity contribution in [2.24, 2.45) is 0 Å². The summed E-state index contributed by atoms with van der Waals surface area (Å²) in [5.41, 5.74) is 4.86. The SMILES string of the molecule is c1ccc(-c2ccc(CNCCCNc3ccc4ccccc4n3)cc2)cc1. The molecule has 1 aromatic heterocycles. The number of nitrogens with one attached hydrogen (secondary N) is 2. The zero-order chi connectivity index (χ0) is 19.0. The van der Waals surface area contributed by atoms with Gasteiger partial charge in [0.1, 0.15) is 5.82 Å². The number of benzene rings is 3. The highest BCUT2D eigenvalue weighted by Crippen LogP contribution is 2.19. The lowest BCUT2D eigenvalue weighted by molar-refractivity contribution is 0.663. The minimum Gasteiger partial charge on any atom is -0.370 e. The molecule has 0 spiro atoms. The number of aromatic nitrogens is 1. The Bertz CT molecular complexity index is 1010. The van der Waals surface area contributed by atoms with E-state index in [1.807, 2.05) is 30.3 Å². The summed E-state index contributed by atoms with van der Waals surface area (Å²) in [6, 6.07) is 31.6. The van der Waals surface area contributed by atoms with E-state index in [2.05, 4.69) is 76.3 Å². The summed E-state index contributed by atoms with van der Waals surface area (Å²) in [5, 5.41) is 8.10. The van der Waals surface area contributed by atoms with E-state index >= 15 is 0 Å². The normalized spacial score (nSPS) is 10.9. The average Bonchev–Trinajstić information content (AvgIpc) is 2.77. The van der Waals surface area contributed by atoms with Gasteiger partial charge in [0.15, 0.2) is 0 Å². The molecular formula is C25H25N3. The Balaban J connectivity index is 1.18. The third-order valence-electron chi connectivity index (χ3n) is 4.83. The van der Waals surface area contributed by atoms with Gasteiger partial charge in [0.05, 0.1) is 5.52 Å². The summed E-state index contributed by atoms with van der Waals surface area (Å²) in [6.45, 7) is 2.77. The molecule has 140 valence electrons. The van der Waals surface area contributed by atoms with E-state index in [0.717, 1.165) is 37.4 Å². The van der Waals surface area contributed by atoms with E-state index in [1.54, 1.807) is 0 Å². The highest BCUT2D eigenvalue weighted by molar-refractivity contribution is 5.80. The van der Waals surface area contributed by atoms with Crippen LogP contribution in [0.15, 0.2) is 91.0 Å². The lowest BCUT2D eigenvalue weighted by Gasteiger charge is -2.08. The Morgan fingerprint density at radius 3 is 2.25 bits per heavy atom. The molecule has 0 atom stereocenters. The van der Waals surface area contributed by atoms with Crippen molar-refractivity contribution >= 4 is 16.7 Å². The van der Waals surface area contributed by atoms with Crippen molar-refractivity contribution < 1.29 is 0 Å². The van der Waals surface area contributed by atoms with Crippen molar-refractivity contribution in [2.75, 3.05) is 18.4 Å². The summed E-state index contributed by atoms with van der Waals surface area (Å²) < 4.78 is 0. The molecule has 0 saturated carbocycles.